The Labute approximate surface area is 166 Å². The molecule has 154 valence electrons. The molecule has 0 radical (unpaired) electrons. The minimum Gasteiger partial charge on any atom is -0.508 e. The van der Waals surface area contributed by atoms with Gasteiger partial charge in [0, 0.05) is 6.07 Å². The van der Waals surface area contributed by atoms with Crippen LogP contribution in [0.15, 0.2) is 84.9 Å². The SMILES string of the molecule is O=P(O)(O)OP(=O)(Oc1ccccc1)Oc1ccccc1.Oc1cccc(O)c1. The van der Waals surface area contributed by atoms with Crippen LogP contribution in [0.3, 0.4) is 0 Å². The van der Waals surface area contributed by atoms with Gasteiger partial charge in [0.05, 0.1) is 0 Å². The van der Waals surface area contributed by atoms with Gasteiger partial charge in [-0.05, 0) is 36.4 Å². The fourth-order valence-corrected chi connectivity index (χ4v) is 4.00. The Morgan fingerprint density at radius 2 is 1.03 bits per heavy atom. The number of phenolic OH excluding ortho intramolecular Hbond substituents is 2. The number of hydrogen-bond acceptors (Lipinski definition) is 7. The highest BCUT2D eigenvalue weighted by atomic mass is 31.3. The van der Waals surface area contributed by atoms with Gasteiger partial charge < -0.3 is 29.0 Å². The van der Waals surface area contributed by atoms with Gasteiger partial charge in [0.1, 0.15) is 23.0 Å². The maximum atomic E-state index is 12.4. The summed E-state index contributed by atoms with van der Waals surface area (Å²) in [4.78, 5) is 17.7. The molecular weight excluding hydrogens is 422 g/mol. The van der Waals surface area contributed by atoms with E-state index in [1.807, 2.05) is 0 Å². The first kappa shape index (κ1) is 22.5. The second-order valence-corrected chi connectivity index (χ2v) is 8.24. The van der Waals surface area contributed by atoms with E-state index >= 15 is 0 Å². The maximum absolute atomic E-state index is 12.4. The number of phosphoric acid groups is 2. The van der Waals surface area contributed by atoms with E-state index in [0.29, 0.717) is 0 Å². The molecule has 0 fully saturated rings. The van der Waals surface area contributed by atoms with Crippen molar-refractivity contribution in [2.24, 2.45) is 0 Å². The predicted octanol–water partition coefficient (Wildman–Crippen LogP) is 4.46. The molecule has 0 aliphatic heterocycles. The van der Waals surface area contributed by atoms with Gasteiger partial charge >= 0.3 is 15.6 Å². The summed E-state index contributed by atoms with van der Waals surface area (Å²) in [6.07, 6.45) is 0. The molecule has 0 saturated carbocycles. The molecule has 0 amide bonds. The van der Waals surface area contributed by atoms with Crippen LogP contribution < -0.4 is 9.05 Å². The largest absolute Gasteiger partial charge is 0.596 e. The first-order chi connectivity index (χ1) is 13.7. The fourth-order valence-electron chi connectivity index (χ4n) is 1.90. The topological polar surface area (TPSA) is 143 Å². The number of para-hydroxylation sites is 2. The summed E-state index contributed by atoms with van der Waals surface area (Å²) in [6, 6.07) is 21.4. The van der Waals surface area contributed by atoms with Crippen molar-refractivity contribution in [1.29, 1.82) is 0 Å². The molecule has 9 nitrogen and oxygen atoms in total. The molecule has 3 rings (SSSR count). The molecule has 0 aliphatic carbocycles. The molecule has 0 spiro atoms. The van der Waals surface area contributed by atoms with Gasteiger partial charge in [-0.25, -0.2) is 9.13 Å². The molecule has 3 aromatic carbocycles. The first-order valence-corrected chi connectivity index (χ1v) is 11.0. The molecule has 4 N–H and O–H groups in total. The van der Waals surface area contributed by atoms with Gasteiger partial charge in [-0.1, -0.05) is 42.5 Å². The van der Waals surface area contributed by atoms with Crippen molar-refractivity contribution >= 4 is 15.6 Å². The minimum absolute atomic E-state index is 0.0880. The van der Waals surface area contributed by atoms with Crippen LogP contribution in [-0.2, 0) is 13.4 Å². The Morgan fingerprint density at radius 3 is 1.34 bits per heavy atom. The summed E-state index contributed by atoms with van der Waals surface area (Å²) in [6.45, 7) is 0. The van der Waals surface area contributed by atoms with Gasteiger partial charge in [0.2, 0.25) is 0 Å². The Kier molecular flexibility index (Phi) is 7.84. The molecule has 0 bridgehead atoms. The van der Waals surface area contributed by atoms with Crippen LogP contribution in [-0.4, -0.2) is 20.0 Å². The standard InChI is InChI=1S/C12H12O7P2.C6H6O2/c13-20(14,15)19-21(16,17-11-7-3-1-4-8-11)18-12-9-5-2-6-10-12;7-5-2-1-3-6(8)4-5/h1-10H,(H2,13,14,15);1-4,7-8H. The number of rotatable bonds is 6. The lowest BCUT2D eigenvalue weighted by Crippen LogP contribution is -2.03. The molecule has 11 heteroatoms. The molecule has 0 heterocycles. The summed E-state index contributed by atoms with van der Waals surface area (Å²) in [5.74, 6) is 0.352. The second kappa shape index (κ2) is 10.1. The summed E-state index contributed by atoms with van der Waals surface area (Å²) >= 11 is 0. The van der Waals surface area contributed by atoms with Crippen molar-refractivity contribution in [3.8, 4) is 23.0 Å². The van der Waals surface area contributed by atoms with E-state index in [9.17, 15) is 9.13 Å². The van der Waals surface area contributed by atoms with E-state index < -0.39 is 15.6 Å². The Balaban J connectivity index is 0.000000313. The number of hydrogen-bond donors (Lipinski definition) is 4. The lowest BCUT2D eigenvalue weighted by Gasteiger charge is -2.18. The third-order valence-corrected chi connectivity index (χ3v) is 5.48. The molecule has 3 aromatic rings. The average molecular weight is 440 g/mol. The number of phenols is 2. The summed E-state index contributed by atoms with van der Waals surface area (Å²) in [5, 5.41) is 17.3. The van der Waals surface area contributed by atoms with E-state index in [2.05, 4.69) is 4.31 Å². The Bertz CT molecular complexity index is 928. The Morgan fingerprint density at radius 1 is 0.621 bits per heavy atom. The third kappa shape index (κ3) is 8.83. The van der Waals surface area contributed by atoms with E-state index in [1.165, 1.54) is 42.5 Å². The van der Waals surface area contributed by atoms with Crippen molar-refractivity contribution in [1.82, 2.24) is 0 Å². The van der Waals surface area contributed by atoms with Crippen LogP contribution in [0, 0.1) is 0 Å². The highest BCUT2D eigenvalue weighted by molar-refractivity contribution is 7.61. The monoisotopic (exact) mass is 440 g/mol. The van der Waals surface area contributed by atoms with E-state index in [-0.39, 0.29) is 23.0 Å². The van der Waals surface area contributed by atoms with Gasteiger partial charge in [-0.15, -0.1) is 0 Å². The molecule has 0 aliphatic rings. The van der Waals surface area contributed by atoms with Crippen LogP contribution in [0.1, 0.15) is 0 Å². The van der Waals surface area contributed by atoms with Crippen LogP contribution in [0.4, 0.5) is 0 Å². The van der Waals surface area contributed by atoms with Crippen molar-refractivity contribution in [2.45, 2.75) is 0 Å². The van der Waals surface area contributed by atoms with Crippen molar-refractivity contribution in [3.63, 3.8) is 0 Å². The zero-order valence-corrected chi connectivity index (χ0v) is 16.6. The van der Waals surface area contributed by atoms with Crippen molar-refractivity contribution in [2.75, 3.05) is 0 Å². The number of aromatic hydroxyl groups is 2. The fraction of sp³-hybridized carbons (Fsp3) is 0. The Hall–Kier alpha value is -2.80. The van der Waals surface area contributed by atoms with E-state index in [0.717, 1.165) is 0 Å². The third-order valence-electron chi connectivity index (χ3n) is 2.96. The van der Waals surface area contributed by atoms with Gasteiger partial charge in [0.25, 0.3) is 0 Å². The number of benzene rings is 3. The molecule has 29 heavy (non-hydrogen) atoms. The first-order valence-electron chi connectivity index (χ1n) is 7.99. The van der Waals surface area contributed by atoms with Crippen LogP contribution in [0.25, 0.3) is 0 Å². The molecular formula is C18H18O9P2. The van der Waals surface area contributed by atoms with Gasteiger partial charge in [-0.2, -0.15) is 4.31 Å². The smallest absolute Gasteiger partial charge is 0.508 e. The lowest BCUT2D eigenvalue weighted by atomic mass is 10.3. The lowest BCUT2D eigenvalue weighted by molar-refractivity contribution is 0.233. The quantitative estimate of drug-likeness (QED) is 0.409. The second-order valence-electron chi connectivity index (χ2n) is 5.35. The average Bonchev–Trinajstić information content (AvgIpc) is 2.62. The zero-order chi connectivity index (χ0) is 21.3. The molecule has 0 atom stereocenters. The van der Waals surface area contributed by atoms with Crippen LogP contribution in [0.5, 0.6) is 23.0 Å². The highest BCUT2D eigenvalue weighted by Crippen LogP contribution is 2.60. The summed E-state index contributed by atoms with van der Waals surface area (Å²) in [5.41, 5.74) is 0. The minimum atomic E-state index is -5.07. The van der Waals surface area contributed by atoms with Gasteiger partial charge in [-0.3, -0.25) is 0 Å². The van der Waals surface area contributed by atoms with Crippen molar-refractivity contribution < 1.29 is 42.5 Å². The normalized spacial score (nSPS) is 11.1. The van der Waals surface area contributed by atoms with Crippen molar-refractivity contribution in [3.05, 3.63) is 84.9 Å². The number of phosphoric ester groups is 1. The summed E-state index contributed by atoms with van der Waals surface area (Å²) < 4.78 is 37.6. The van der Waals surface area contributed by atoms with E-state index in [1.54, 1.807) is 42.5 Å². The van der Waals surface area contributed by atoms with Crippen LogP contribution in [0.2, 0.25) is 0 Å². The highest BCUT2D eigenvalue weighted by Gasteiger charge is 2.39. The van der Waals surface area contributed by atoms with Crippen LogP contribution >= 0.6 is 15.6 Å². The molecule has 0 aromatic heterocycles. The van der Waals surface area contributed by atoms with Gasteiger partial charge in [0.15, 0.2) is 0 Å². The maximum Gasteiger partial charge on any atom is 0.596 e. The summed E-state index contributed by atoms with van der Waals surface area (Å²) in [7, 11) is -9.62. The zero-order valence-electron chi connectivity index (χ0n) is 14.8. The molecule has 0 saturated heterocycles. The molecule has 0 unspecified atom stereocenters. The predicted molar refractivity (Wildman–Crippen MR) is 105 cm³/mol. The van der Waals surface area contributed by atoms with E-state index in [4.69, 9.17) is 29.0 Å².